The van der Waals surface area contributed by atoms with Crippen molar-refractivity contribution >= 4 is 29.1 Å². The SMILES string of the molecule is CN(C)c1ccc(-c2nc(SCCO)oc2-c2ccccc2Cl)cc1. The van der Waals surface area contributed by atoms with Gasteiger partial charge in [-0.2, -0.15) is 0 Å². The van der Waals surface area contributed by atoms with Crippen molar-refractivity contribution in [2.45, 2.75) is 5.22 Å². The Morgan fingerprint density at radius 2 is 1.84 bits per heavy atom. The average molecular weight is 375 g/mol. The summed E-state index contributed by atoms with van der Waals surface area (Å²) in [5.41, 5.74) is 3.62. The first-order valence-corrected chi connectivity index (χ1v) is 9.23. The predicted octanol–water partition coefficient (Wildman–Crippen LogP) is 4.81. The molecule has 0 aliphatic rings. The monoisotopic (exact) mass is 374 g/mol. The molecule has 0 bridgehead atoms. The molecule has 0 unspecified atom stereocenters. The highest BCUT2D eigenvalue weighted by Crippen LogP contribution is 2.38. The molecule has 6 heteroatoms. The van der Waals surface area contributed by atoms with Crippen LogP contribution in [0.4, 0.5) is 5.69 Å². The van der Waals surface area contributed by atoms with E-state index in [0.29, 0.717) is 21.8 Å². The largest absolute Gasteiger partial charge is 0.431 e. The highest BCUT2D eigenvalue weighted by atomic mass is 35.5. The summed E-state index contributed by atoms with van der Waals surface area (Å²) in [6.07, 6.45) is 0. The van der Waals surface area contributed by atoms with Crippen molar-refractivity contribution in [1.82, 2.24) is 4.98 Å². The molecule has 0 radical (unpaired) electrons. The van der Waals surface area contributed by atoms with Gasteiger partial charge in [0.05, 0.1) is 11.6 Å². The van der Waals surface area contributed by atoms with Crippen molar-refractivity contribution in [3.63, 3.8) is 0 Å². The zero-order valence-electron chi connectivity index (χ0n) is 14.1. The minimum Gasteiger partial charge on any atom is -0.431 e. The van der Waals surface area contributed by atoms with Crippen molar-refractivity contribution in [2.75, 3.05) is 31.4 Å². The van der Waals surface area contributed by atoms with Gasteiger partial charge in [-0.05, 0) is 24.3 Å². The Labute approximate surface area is 156 Å². The lowest BCUT2D eigenvalue weighted by atomic mass is 10.1. The molecule has 3 rings (SSSR count). The number of aromatic nitrogens is 1. The van der Waals surface area contributed by atoms with Crippen LogP contribution >= 0.6 is 23.4 Å². The maximum Gasteiger partial charge on any atom is 0.256 e. The fraction of sp³-hybridized carbons (Fsp3) is 0.211. The van der Waals surface area contributed by atoms with E-state index in [2.05, 4.69) is 4.98 Å². The zero-order chi connectivity index (χ0) is 17.8. The zero-order valence-corrected chi connectivity index (χ0v) is 15.6. The second kappa shape index (κ2) is 7.95. The summed E-state index contributed by atoms with van der Waals surface area (Å²) in [6, 6.07) is 15.7. The Balaban J connectivity index is 2.07. The van der Waals surface area contributed by atoms with Gasteiger partial charge in [0.2, 0.25) is 0 Å². The Morgan fingerprint density at radius 1 is 1.12 bits per heavy atom. The van der Waals surface area contributed by atoms with Crippen molar-refractivity contribution < 1.29 is 9.52 Å². The molecule has 0 saturated carbocycles. The number of aliphatic hydroxyl groups is 1. The molecule has 1 aromatic heterocycles. The summed E-state index contributed by atoms with van der Waals surface area (Å²) < 4.78 is 5.96. The molecule has 130 valence electrons. The molecule has 4 nitrogen and oxygen atoms in total. The predicted molar refractivity (Wildman–Crippen MR) is 105 cm³/mol. The number of anilines is 1. The number of thioether (sulfide) groups is 1. The number of nitrogens with zero attached hydrogens (tertiary/aromatic N) is 2. The number of hydrogen-bond donors (Lipinski definition) is 1. The van der Waals surface area contributed by atoms with Gasteiger partial charge in [-0.25, -0.2) is 4.98 Å². The number of halogens is 1. The Kier molecular flexibility index (Phi) is 5.68. The molecule has 0 aliphatic heterocycles. The van der Waals surface area contributed by atoms with Gasteiger partial charge in [0, 0.05) is 36.7 Å². The third kappa shape index (κ3) is 4.00. The molecule has 1 N–H and O–H groups in total. The minimum absolute atomic E-state index is 0.0708. The lowest BCUT2D eigenvalue weighted by molar-refractivity contribution is 0.322. The van der Waals surface area contributed by atoms with Crippen LogP contribution in [0.3, 0.4) is 0 Å². The minimum atomic E-state index is 0.0708. The normalized spacial score (nSPS) is 10.9. The Bertz CT molecular complexity index is 847. The summed E-state index contributed by atoms with van der Waals surface area (Å²) in [6.45, 7) is 0.0708. The quantitative estimate of drug-likeness (QED) is 0.627. The van der Waals surface area contributed by atoms with Gasteiger partial charge in [0.15, 0.2) is 5.76 Å². The number of benzene rings is 2. The van der Waals surface area contributed by atoms with Crippen LogP contribution in [0.15, 0.2) is 58.2 Å². The third-order valence-electron chi connectivity index (χ3n) is 3.70. The third-order valence-corrected chi connectivity index (χ3v) is 4.84. The summed E-state index contributed by atoms with van der Waals surface area (Å²) in [5, 5.41) is 10.2. The van der Waals surface area contributed by atoms with Crippen LogP contribution in [0, 0.1) is 0 Å². The van der Waals surface area contributed by atoms with Gasteiger partial charge in [-0.1, -0.05) is 47.6 Å². The lowest BCUT2D eigenvalue weighted by Crippen LogP contribution is -2.07. The summed E-state index contributed by atoms with van der Waals surface area (Å²) in [5.74, 6) is 1.17. The van der Waals surface area contributed by atoms with Crippen molar-refractivity contribution in [1.29, 1.82) is 0 Å². The highest BCUT2D eigenvalue weighted by Gasteiger charge is 2.19. The van der Waals surface area contributed by atoms with Gasteiger partial charge < -0.3 is 14.4 Å². The molecule has 0 fully saturated rings. The molecule has 0 spiro atoms. The maximum atomic E-state index is 9.05. The van der Waals surface area contributed by atoms with Gasteiger partial charge in [0.1, 0.15) is 5.69 Å². The van der Waals surface area contributed by atoms with Crippen LogP contribution in [0.1, 0.15) is 0 Å². The first kappa shape index (κ1) is 17.9. The van der Waals surface area contributed by atoms with Gasteiger partial charge in [-0.15, -0.1) is 0 Å². The molecule has 0 saturated heterocycles. The maximum absolute atomic E-state index is 9.05. The second-order valence-electron chi connectivity index (χ2n) is 5.65. The smallest absolute Gasteiger partial charge is 0.256 e. The van der Waals surface area contributed by atoms with Crippen LogP contribution in [-0.2, 0) is 0 Å². The van der Waals surface area contributed by atoms with Crippen molar-refractivity contribution in [3.05, 3.63) is 53.6 Å². The van der Waals surface area contributed by atoms with E-state index in [1.54, 1.807) is 0 Å². The van der Waals surface area contributed by atoms with E-state index >= 15 is 0 Å². The van der Waals surface area contributed by atoms with Crippen LogP contribution < -0.4 is 4.90 Å². The summed E-state index contributed by atoms with van der Waals surface area (Å²) in [7, 11) is 4.01. The first-order valence-electron chi connectivity index (χ1n) is 7.87. The molecule has 0 amide bonds. The van der Waals surface area contributed by atoms with E-state index in [-0.39, 0.29) is 6.61 Å². The standard InChI is InChI=1S/C19H19ClN2O2S/c1-22(2)14-9-7-13(8-10-14)17-18(15-5-3-4-6-16(15)20)24-19(21-17)25-12-11-23/h3-10,23H,11-12H2,1-2H3. The first-order chi connectivity index (χ1) is 12.1. The van der Waals surface area contributed by atoms with E-state index in [0.717, 1.165) is 22.5 Å². The number of aliphatic hydroxyl groups excluding tert-OH is 1. The van der Waals surface area contributed by atoms with E-state index in [9.17, 15) is 0 Å². The molecule has 1 heterocycles. The molecule has 3 aromatic rings. The van der Waals surface area contributed by atoms with E-state index in [4.69, 9.17) is 21.1 Å². The molecule has 25 heavy (non-hydrogen) atoms. The van der Waals surface area contributed by atoms with Crippen molar-refractivity contribution in [3.8, 4) is 22.6 Å². The molecule has 2 aromatic carbocycles. The molecule has 0 aliphatic carbocycles. The van der Waals surface area contributed by atoms with Crippen LogP contribution in [0.25, 0.3) is 22.6 Å². The average Bonchev–Trinajstić information content (AvgIpc) is 3.04. The van der Waals surface area contributed by atoms with Crippen molar-refractivity contribution in [2.24, 2.45) is 0 Å². The summed E-state index contributed by atoms with van der Waals surface area (Å²) >= 11 is 7.74. The fourth-order valence-electron chi connectivity index (χ4n) is 2.44. The van der Waals surface area contributed by atoms with Crippen LogP contribution in [0.2, 0.25) is 5.02 Å². The molecular formula is C19H19ClN2O2S. The number of oxazole rings is 1. The van der Waals surface area contributed by atoms with Crippen LogP contribution in [0.5, 0.6) is 0 Å². The lowest BCUT2D eigenvalue weighted by Gasteiger charge is -2.12. The number of hydrogen-bond acceptors (Lipinski definition) is 5. The Morgan fingerprint density at radius 3 is 2.48 bits per heavy atom. The van der Waals surface area contributed by atoms with Gasteiger partial charge >= 0.3 is 0 Å². The van der Waals surface area contributed by atoms with Gasteiger partial charge in [-0.3, -0.25) is 0 Å². The van der Waals surface area contributed by atoms with E-state index < -0.39 is 0 Å². The topological polar surface area (TPSA) is 49.5 Å². The van der Waals surface area contributed by atoms with Gasteiger partial charge in [0.25, 0.3) is 5.22 Å². The molecule has 0 atom stereocenters. The fourth-order valence-corrected chi connectivity index (χ4v) is 3.22. The highest BCUT2D eigenvalue weighted by molar-refractivity contribution is 7.99. The summed E-state index contributed by atoms with van der Waals surface area (Å²) in [4.78, 5) is 6.67. The van der Waals surface area contributed by atoms with E-state index in [1.165, 1.54) is 11.8 Å². The van der Waals surface area contributed by atoms with E-state index in [1.807, 2.05) is 67.5 Å². The van der Waals surface area contributed by atoms with Crippen LogP contribution in [-0.4, -0.2) is 36.5 Å². The Hall–Kier alpha value is -1.95. The number of rotatable bonds is 6. The second-order valence-corrected chi connectivity index (χ2v) is 7.10. The molecular weight excluding hydrogens is 356 g/mol.